The number of esters is 1. The molecule has 2 rings (SSSR count). The van der Waals surface area contributed by atoms with E-state index in [2.05, 4.69) is 10.1 Å². The van der Waals surface area contributed by atoms with Crippen molar-refractivity contribution < 1.29 is 23.9 Å². The Bertz CT molecular complexity index is 492. The van der Waals surface area contributed by atoms with Gasteiger partial charge in [-0.3, -0.25) is 19.3 Å². The molecule has 1 spiro atoms. The van der Waals surface area contributed by atoms with Crippen LogP contribution in [0, 0.1) is 5.92 Å². The summed E-state index contributed by atoms with van der Waals surface area (Å²) >= 11 is 0. The first-order valence-electron chi connectivity index (χ1n) is 6.95. The fraction of sp³-hybridized carbons (Fsp3) is 0.692. The summed E-state index contributed by atoms with van der Waals surface area (Å²) in [6.45, 7) is 0.850. The first-order chi connectivity index (χ1) is 9.86. The number of hydrogen-bond acceptors (Lipinski definition) is 5. The van der Waals surface area contributed by atoms with E-state index in [0.29, 0.717) is 6.42 Å². The van der Waals surface area contributed by atoms with Gasteiger partial charge in [-0.2, -0.15) is 0 Å². The van der Waals surface area contributed by atoms with Crippen LogP contribution in [-0.2, 0) is 19.1 Å². The number of rotatable bonds is 4. The summed E-state index contributed by atoms with van der Waals surface area (Å²) < 4.78 is 4.58. The van der Waals surface area contributed by atoms with Crippen molar-refractivity contribution >= 4 is 23.8 Å². The Morgan fingerprint density at radius 3 is 2.76 bits per heavy atom. The van der Waals surface area contributed by atoms with E-state index in [1.807, 2.05) is 6.92 Å². The van der Waals surface area contributed by atoms with Gasteiger partial charge >= 0.3 is 12.0 Å². The van der Waals surface area contributed by atoms with Crippen molar-refractivity contribution in [1.82, 2.24) is 10.2 Å². The first kappa shape index (κ1) is 15.3. The van der Waals surface area contributed by atoms with E-state index in [1.165, 1.54) is 0 Å². The maximum atomic E-state index is 12.5. The third-order valence-corrected chi connectivity index (χ3v) is 4.16. The number of nitrogens with one attached hydrogen (secondary N) is 1. The van der Waals surface area contributed by atoms with E-state index in [-0.39, 0.29) is 5.92 Å². The van der Waals surface area contributed by atoms with Crippen LogP contribution in [0.15, 0.2) is 0 Å². The minimum absolute atomic E-state index is 0.0225. The van der Waals surface area contributed by atoms with Gasteiger partial charge in [0.05, 0.1) is 0 Å². The fourth-order valence-electron chi connectivity index (χ4n) is 2.97. The predicted molar refractivity (Wildman–Crippen MR) is 70.8 cm³/mol. The average molecular weight is 297 g/mol. The molecule has 0 aromatic heterocycles. The molecule has 8 nitrogen and oxygen atoms in total. The summed E-state index contributed by atoms with van der Waals surface area (Å²) in [6, 6.07) is -0.593. The number of carbonyl (C=O) groups excluding carboxylic acids is 4. The van der Waals surface area contributed by atoms with Crippen LogP contribution in [0.1, 0.15) is 32.6 Å². The zero-order valence-electron chi connectivity index (χ0n) is 11.9. The van der Waals surface area contributed by atoms with Gasteiger partial charge in [-0.05, 0) is 18.8 Å². The minimum atomic E-state index is -0.903. The molecule has 0 bridgehead atoms. The lowest BCUT2D eigenvalue weighted by Gasteiger charge is -2.36. The second-order valence-corrected chi connectivity index (χ2v) is 5.57. The van der Waals surface area contributed by atoms with E-state index < -0.39 is 42.5 Å². The van der Waals surface area contributed by atoms with Crippen molar-refractivity contribution in [3.05, 3.63) is 0 Å². The van der Waals surface area contributed by atoms with E-state index in [9.17, 15) is 19.2 Å². The highest BCUT2D eigenvalue weighted by molar-refractivity contribution is 6.09. The van der Waals surface area contributed by atoms with Gasteiger partial charge in [-0.25, -0.2) is 4.79 Å². The van der Waals surface area contributed by atoms with Gasteiger partial charge in [0.15, 0.2) is 6.61 Å². The Hall–Kier alpha value is -2.12. The number of amides is 4. The molecule has 116 valence electrons. The van der Waals surface area contributed by atoms with Gasteiger partial charge in [0.1, 0.15) is 12.1 Å². The summed E-state index contributed by atoms with van der Waals surface area (Å²) in [5.41, 5.74) is 3.95. The largest absolute Gasteiger partial charge is 0.454 e. The van der Waals surface area contributed by atoms with Gasteiger partial charge in [-0.15, -0.1) is 0 Å². The Labute approximate surface area is 122 Å². The highest BCUT2D eigenvalue weighted by atomic mass is 16.5. The van der Waals surface area contributed by atoms with E-state index >= 15 is 0 Å². The number of nitrogens with two attached hydrogens (primary N) is 1. The Morgan fingerprint density at radius 2 is 2.14 bits per heavy atom. The second-order valence-electron chi connectivity index (χ2n) is 5.57. The summed E-state index contributed by atoms with van der Waals surface area (Å²) in [5.74, 6) is -2.00. The van der Waals surface area contributed by atoms with Crippen molar-refractivity contribution in [3.8, 4) is 0 Å². The number of urea groups is 1. The SMILES string of the molecule is CC1CCCCC12NC(=O)N(CC(=O)OCC(N)=O)C2=O. The summed E-state index contributed by atoms with van der Waals surface area (Å²) in [5, 5.41) is 2.73. The van der Waals surface area contributed by atoms with Crippen LogP contribution < -0.4 is 11.1 Å². The van der Waals surface area contributed by atoms with Crippen LogP contribution in [-0.4, -0.2) is 47.4 Å². The number of imide groups is 1. The molecule has 21 heavy (non-hydrogen) atoms. The highest BCUT2D eigenvalue weighted by Gasteiger charge is 2.55. The second kappa shape index (κ2) is 5.71. The third kappa shape index (κ3) is 2.84. The molecule has 2 unspecified atom stereocenters. The maximum absolute atomic E-state index is 12.5. The molecular weight excluding hydrogens is 278 g/mol. The molecule has 1 aliphatic carbocycles. The lowest BCUT2D eigenvalue weighted by molar-refractivity contribution is -0.151. The highest BCUT2D eigenvalue weighted by Crippen LogP contribution is 2.38. The van der Waals surface area contributed by atoms with Gasteiger partial charge in [-0.1, -0.05) is 19.8 Å². The molecule has 2 fully saturated rings. The molecular formula is C13H19N3O5. The van der Waals surface area contributed by atoms with Crippen LogP contribution in [0.3, 0.4) is 0 Å². The molecule has 8 heteroatoms. The first-order valence-corrected chi connectivity index (χ1v) is 6.95. The minimum Gasteiger partial charge on any atom is -0.454 e. The monoisotopic (exact) mass is 297 g/mol. The van der Waals surface area contributed by atoms with Crippen LogP contribution in [0.2, 0.25) is 0 Å². The maximum Gasteiger partial charge on any atom is 0.326 e. The number of hydrogen-bond donors (Lipinski definition) is 2. The molecule has 0 aromatic carbocycles. The van der Waals surface area contributed by atoms with Gasteiger partial charge in [0, 0.05) is 0 Å². The van der Waals surface area contributed by atoms with Crippen molar-refractivity contribution in [1.29, 1.82) is 0 Å². The third-order valence-electron chi connectivity index (χ3n) is 4.16. The van der Waals surface area contributed by atoms with Crippen LogP contribution >= 0.6 is 0 Å². The van der Waals surface area contributed by atoms with Crippen molar-refractivity contribution in [2.75, 3.05) is 13.2 Å². The van der Waals surface area contributed by atoms with Gasteiger partial charge in [0.25, 0.3) is 11.8 Å². The predicted octanol–water partition coefficient (Wildman–Crippen LogP) is -0.484. The number of carbonyl (C=O) groups is 4. The molecule has 3 N–H and O–H groups in total. The van der Waals surface area contributed by atoms with E-state index in [0.717, 1.165) is 24.2 Å². The van der Waals surface area contributed by atoms with E-state index in [4.69, 9.17) is 5.73 Å². The average Bonchev–Trinajstić information content (AvgIpc) is 2.65. The summed E-state index contributed by atoms with van der Waals surface area (Å²) in [7, 11) is 0. The van der Waals surface area contributed by atoms with Crippen molar-refractivity contribution in [2.24, 2.45) is 11.7 Å². The Balaban J connectivity index is 2.05. The van der Waals surface area contributed by atoms with Crippen LogP contribution in [0.4, 0.5) is 4.79 Å². The quantitative estimate of drug-likeness (QED) is 0.536. The standard InChI is InChI=1S/C13H19N3O5/c1-8-4-2-3-5-13(8)11(19)16(12(20)15-13)6-10(18)21-7-9(14)17/h8H,2-7H2,1H3,(H2,14,17)(H,15,20). The van der Waals surface area contributed by atoms with Crippen LogP contribution in [0.5, 0.6) is 0 Å². The fourth-order valence-corrected chi connectivity index (χ4v) is 2.97. The molecule has 0 radical (unpaired) electrons. The number of nitrogens with zero attached hydrogens (tertiary/aromatic N) is 1. The molecule has 1 saturated heterocycles. The zero-order chi connectivity index (χ0) is 15.6. The Kier molecular flexibility index (Phi) is 4.15. The zero-order valence-corrected chi connectivity index (χ0v) is 11.9. The topological polar surface area (TPSA) is 119 Å². The summed E-state index contributed by atoms with van der Waals surface area (Å²) in [6.07, 6.45) is 3.31. The lowest BCUT2D eigenvalue weighted by atomic mass is 9.73. The molecule has 1 heterocycles. The van der Waals surface area contributed by atoms with Crippen molar-refractivity contribution in [3.63, 3.8) is 0 Å². The molecule has 2 atom stereocenters. The molecule has 1 aliphatic heterocycles. The van der Waals surface area contributed by atoms with Crippen LogP contribution in [0.25, 0.3) is 0 Å². The van der Waals surface area contributed by atoms with Gasteiger partial charge in [0.2, 0.25) is 0 Å². The smallest absolute Gasteiger partial charge is 0.326 e. The number of ether oxygens (including phenoxy) is 1. The normalized spacial score (nSPS) is 28.6. The van der Waals surface area contributed by atoms with Crippen molar-refractivity contribution in [2.45, 2.75) is 38.1 Å². The lowest BCUT2D eigenvalue weighted by Crippen LogP contribution is -2.54. The Morgan fingerprint density at radius 1 is 1.43 bits per heavy atom. The molecule has 2 aliphatic rings. The van der Waals surface area contributed by atoms with E-state index in [1.54, 1.807) is 0 Å². The molecule has 0 aromatic rings. The van der Waals surface area contributed by atoms with Gasteiger partial charge < -0.3 is 15.8 Å². The summed E-state index contributed by atoms with van der Waals surface area (Å²) in [4.78, 5) is 47.4. The number of primary amides is 1. The molecule has 1 saturated carbocycles. The molecule has 4 amide bonds.